The molecule has 0 N–H and O–H groups in total. The molecule has 0 spiro atoms. The molecule has 0 aromatic heterocycles. The van der Waals surface area contributed by atoms with Crippen LogP contribution >= 0.6 is 0 Å². The molecular formula is C14H22O3S. The Morgan fingerprint density at radius 3 is 2.44 bits per heavy atom. The smallest absolute Gasteiger partial charge is 0.266 e. The molecule has 0 unspecified atom stereocenters. The highest BCUT2D eigenvalue weighted by Gasteiger charge is 2.19. The van der Waals surface area contributed by atoms with Crippen molar-refractivity contribution in [3.8, 4) is 0 Å². The lowest BCUT2D eigenvalue weighted by Gasteiger charge is -2.19. The van der Waals surface area contributed by atoms with Crippen LogP contribution in [0.25, 0.3) is 0 Å². The largest absolute Gasteiger partial charge is 0.296 e. The summed E-state index contributed by atoms with van der Waals surface area (Å²) in [6.07, 6.45) is 1.66. The minimum Gasteiger partial charge on any atom is -0.266 e. The van der Waals surface area contributed by atoms with Crippen molar-refractivity contribution in [3.05, 3.63) is 29.8 Å². The van der Waals surface area contributed by atoms with E-state index in [-0.39, 0.29) is 16.9 Å². The van der Waals surface area contributed by atoms with Gasteiger partial charge in [-0.15, -0.1) is 0 Å². The molecule has 0 aliphatic heterocycles. The summed E-state index contributed by atoms with van der Waals surface area (Å²) < 4.78 is 28.9. The van der Waals surface area contributed by atoms with Crippen LogP contribution in [0.1, 0.15) is 46.1 Å². The predicted molar refractivity (Wildman–Crippen MR) is 73.2 cm³/mol. The first kappa shape index (κ1) is 15.2. The lowest BCUT2D eigenvalue weighted by atomic mass is 9.87. The third-order valence-electron chi connectivity index (χ3n) is 2.73. The molecule has 0 aliphatic rings. The third-order valence-corrected chi connectivity index (χ3v) is 4.03. The normalized spacial score (nSPS) is 12.7. The molecule has 18 heavy (non-hydrogen) atoms. The van der Waals surface area contributed by atoms with Gasteiger partial charge in [0.25, 0.3) is 10.1 Å². The van der Waals surface area contributed by atoms with Gasteiger partial charge in [0.05, 0.1) is 11.5 Å². The van der Waals surface area contributed by atoms with E-state index in [4.69, 9.17) is 4.18 Å². The fourth-order valence-corrected chi connectivity index (χ4v) is 2.49. The summed E-state index contributed by atoms with van der Waals surface area (Å²) in [5.41, 5.74) is 0.914. The van der Waals surface area contributed by atoms with Crippen molar-refractivity contribution < 1.29 is 12.6 Å². The Bertz CT molecular complexity index is 484. The molecule has 3 nitrogen and oxygen atoms in total. The van der Waals surface area contributed by atoms with Crippen molar-refractivity contribution in [1.82, 2.24) is 0 Å². The maximum atomic E-state index is 12.0. The summed E-state index contributed by atoms with van der Waals surface area (Å²) in [7, 11) is -3.62. The van der Waals surface area contributed by atoms with E-state index in [0.717, 1.165) is 18.4 Å². The summed E-state index contributed by atoms with van der Waals surface area (Å²) in [6.45, 7) is 8.40. The van der Waals surface area contributed by atoms with Gasteiger partial charge >= 0.3 is 0 Å². The molecule has 0 bridgehead atoms. The summed E-state index contributed by atoms with van der Waals surface area (Å²) in [5, 5.41) is 0. The molecule has 0 saturated heterocycles. The second-order valence-electron chi connectivity index (χ2n) is 5.41. The molecule has 1 aromatic carbocycles. The van der Waals surface area contributed by atoms with Crippen molar-refractivity contribution >= 4 is 10.1 Å². The highest BCUT2D eigenvalue weighted by Crippen LogP contribution is 2.25. The van der Waals surface area contributed by atoms with E-state index in [9.17, 15) is 8.42 Å². The summed E-state index contributed by atoms with van der Waals surface area (Å²) in [4.78, 5) is 0.242. The maximum Gasteiger partial charge on any atom is 0.296 e. The van der Waals surface area contributed by atoms with E-state index in [1.54, 1.807) is 18.2 Å². The van der Waals surface area contributed by atoms with Gasteiger partial charge < -0.3 is 0 Å². The molecule has 0 fully saturated rings. The molecule has 0 amide bonds. The zero-order valence-corrected chi connectivity index (χ0v) is 12.4. The van der Waals surface area contributed by atoms with Gasteiger partial charge in [0.1, 0.15) is 0 Å². The number of unbranched alkanes of at least 4 members (excludes halogenated alkanes) is 1. The first-order valence-electron chi connectivity index (χ1n) is 6.27. The average molecular weight is 270 g/mol. The van der Waals surface area contributed by atoms with E-state index >= 15 is 0 Å². The highest BCUT2D eigenvalue weighted by atomic mass is 32.2. The van der Waals surface area contributed by atoms with Gasteiger partial charge in [-0.05, 0) is 29.5 Å². The summed E-state index contributed by atoms with van der Waals surface area (Å²) in [5.74, 6) is 0. The zero-order valence-electron chi connectivity index (χ0n) is 11.6. The van der Waals surface area contributed by atoms with E-state index in [2.05, 4.69) is 20.8 Å². The number of rotatable bonds is 5. The Kier molecular flexibility index (Phi) is 4.93. The van der Waals surface area contributed by atoms with Crippen molar-refractivity contribution in [2.75, 3.05) is 6.61 Å². The van der Waals surface area contributed by atoms with Crippen LogP contribution in [0.15, 0.2) is 29.2 Å². The number of benzene rings is 1. The third kappa shape index (κ3) is 4.10. The minimum atomic E-state index is -3.62. The molecule has 0 radical (unpaired) electrons. The number of hydrogen-bond donors (Lipinski definition) is 0. The molecular weight excluding hydrogens is 248 g/mol. The molecule has 0 saturated carbocycles. The Balaban J connectivity index is 2.96. The second kappa shape index (κ2) is 5.85. The van der Waals surface area contributed by atoms with Gasteiger partial charge in [0, 0.05) is 0 Å². The molecule has 0 heterocycles. The van der Waals surface area contributed by atoms with Gasteiger partial charge in [0.15, 0.2) is 0 Å². The van der Waals surface area contributed by atoms with Crippen molar-refractivity contribution in [3.63, 3.8) is 0 Å². The van der Waals surface area contributed by atoms with Gasteiger partial charge in [0.2, 0.25) is 0 Å². The standard InChI is InChI=1S/C14H22O3S/c1-5-6-10-17-18(15,16)13-9-7-8-12(11-13)14(2,3)4/h7-9,11H,5-6,10H2,1-4H3. The van der Waals surface area contributed by atoms with E-state index in [1.807, 2.05) is 13.0 Å². The van der Waals surface area contributed by atoms with Crippen LogP contribution in [0.5, 0.6) is 0 Å². The maximum absolute atomic E-state index is 12.0. The van der Waals surface area contributed by atoms with E-state index in [1.165, 1.54) is 0 Å². The van der Waals surface area contributed by atoms with Crippen LogP contribution in [0.3, 0.4) is 0 Å². The first-order chi connectivity index (χ1) is 8.27. The van der Waals surface area contributed by atoms with Crippen LogP contribution in [0.2, 0.25) is 0 Å². The highest BCUT2D eigenvalue weighted by molar-refractivity contribution is 7.86. The first-order valence-corrected chi connectivity index (χ1v) is 7.68. The SMILES string of the molecule is CCCCOS(=O)(=O)c1cccc(C(C)(C)C)c1. The minimum absolute atomic E-state index is 0.0745. The van der Waals surface area contributed by atoms with Gasteiger partial charge in [-0.1, -0.05) is 46.2 Å². The van der Waals surface area contributed by atoms with Crippen molar-refractivity contribution in [2.45, 2.75) is 50.8 Å². The number of hydrogen-bond acceptors (Lipinski definition) is 3. The van der Waals surface area contributed by atoms with Gasteiger partial charge in [-0.2, -0.15) is 8.42 Å². The molecule has 102 valence electrons. The fourth-order valence-electron chi connectivity index (χ4n) is 1.50. The van der Waals surface area contributed by atoms with Crippen LogP contribution in [-0.2, 0) is 19.7 Å². The summed E-state index contributed by atoms with van der Waals surface area (Å²) >= 11 is 0. The Labute approximate surface area is 110 Å². The lowest BCUT2D eigenvalue weighted by molar-refractivity contribution is 0.311. The van der Waals surface area contributed by atoms with Crippen molar-refractivity contribution in [1.29, 1.82) is 0 Å². The molecule has 0 aliphatic carbocycles. The molecule has 4 heteroatoms. The summed E-state index contributed by atoms with van der Waals surface area (Å²) in [6, 6.07) is 6.97. The molecule has 1 aromatic rings. The van der Waals surface area contributed by atoms with Crippen LogP contribution < -0.4 is 0 Å². The molecule has 1 rings (SSSR count). The Hall–Kier alpha value is -0.870. The fraction of sp³-hybridized carbons (Fsp3) is 0.571. The topological polar surface area (TPSA) is 43.4 Å². The molecule has 0 atom stereocenters. The zero-order chi connectivity index (χ0) is 13.8. The van der Waals surface area contributed by atoms with Crippen LogP contribution in [-0.4, -0.2) is 15.0 Å². The van der Waals surface area contributed by atoms with Crippen molar-refractivity contribution in [2.24, 2.45) is 0 Å². The second-order valence-corrected chi connectivity index (χ2v) is 7.02. The quantitative estimate of drug-likeness (QED) is 0.607. The van der Waals surface area contributed by atoms with Gasteiger partial charge in [-0.25, -0.2) is 0 Å². The Morgan fingerprint density at radius 2 is 1.89 bits per heavy atom. The predicted octanol–water partition coefficient (Wildman–Crippen LogP) is 3.49. The van der Waals surface area contributed by atoms with E-state index in [0.29, 0.717) is 0 Å². The van der Waals surface area contributed by atoms with Gasteiger partial charge in [-0.3, -0.25) is 4.18 Å². The monoisotopic (exact) mass is 270 g/mol. The Morgan fingerprint density at radius 1 is 1.22 bits per heavy atom. The van der Waals surface area contributed by atoms with Crippen LogP contribution in [0, 0.1) is 0 Å². The average Bonchev–Trinajstić information content (AvgIpc) is 2.28. The van der Waals surface area contributed by atoms with E-state index < -0.39 is 10.1 Å². The van der Waals surface area contributed by atoms with Crippen LogP contribution in [0.4, 0.5) is 0 Å². The lowest BCUT2D eigenvalue weighted by Crippen LogP contribution is -2.13.